The maximum Gasteiger partial charge on any atom is 0.180 e. The van der Waals surface area contributed by atoms with Crippen molar-refractivity contribution < 1.29 is 4.79 Å². The number of Topliss-reactive ketones (excluding diaryl/α,β-unsaturated/α-hetero) is 1. The standard InChI is InChI=1S/C10H16N2OS/c1-3-4-7(2)9(13)5-8-6-14-10(11)12-8/h6-7H,3-5H2,1-2H3,(H2,11,12). The van der Waals surface area contributed by atoms with Gasteiger partial charge in [-0.25, -0.2) is 4.98 Å². The molecule has 0 fully saturated rings. The zero-order valence-electron chi connectivity index (χ0n) is 8.62. The van der Waals surface area contributed by atoms with Crippen LogP contribution in [0.15, 0.2) is 5.38 Å². The van der Waals surface area contributed by atoms with Crippen LogP contribution in [0.4, 0.5) is 5.13 Å². The maximum atomic E-state index is 11.6. The lowest BCUT2D eigenvalue weighted by Crippen LogP contribution is -2.13. The predicted octanol–water partition coefficient (Wildman–Crippen LogP) is 2.27. The Morgan fingerprint density at radius 3 is 2.93 bits per heavy atom. The molecule has 1 rings (SSSR count). The van der Waals surface area contributed by atoms with Crippen molar-refractivity contribution in [3.8, 4) is 0 Å². The number of nitrogen functional groups attached to an aromatic ring is 1. The van der Waals surface area contributed by atoms with Gasteiger partial charge < -0.3 is 5.73 Å². The van der Waals surface area contributed by atoms with Crippen molar-refractivity contribution in [3.05, 3.63) is 11.1 Å². The number of carbonyl (C=O) groups excluding carboxylic acids is 1. The molecule has 3 nitrogen and oxygen atoms in total. The van der Waals surface area contributed by atoms with Crippen LogP contribution < -0.4 is 5.73 Å². The zero-order valence-corrected chi connectivity index (χ0v) is 9.43. The first-order chi connectivity index (χ1) is 6.63. The number of carbonyl (C=O) groups is 1. The van der Waals surface area contributed by atoms with E-state index in [4.69, 9.17) is 5.73 Å². The van der Waals surface area contributed by atoms with Gasteiger partial charge in [0.2, 0.25) is 0 Å². The molecule has 0 radical (unpaired) electrons. The molecule has 2 N–H and O–H groups in total. The van der Waals surface area contributed by atoms with Gasteiger partial charge in [0.25, 0.3) is 0 Å². The van der Waals surface area contributed by atoms with Crippen molar-refractivity contribution in [3.63, 3.8) is 0 Å². The Kier molecular flexibility index (Phi) is 4.07. The Hall–Kier alpha value is -0.900. The van der Waals surface area contributed by atoms with Gasteiger partial charge in [-0.3, -0.25) is 4.79 Å². The van der Waals surface area contributed by atoms with Crippen LogP contribution in [0.3, 0.4) is 0 Å². The molecule has 4 heteroatoms. The fourth-order valence-electron chi connectivity index (χ4n) is 1.35. The average molecular weight is 212 g/mol. The number of anilines is 1. The number of ketones is 1. The first-order valence-electron chi connectivity index (χ1n) is 4.86. The maximum absolute atomic E-state index is 11.6. The summed E-state index contributed by atoms with van der Waals surface area (Å²) < 4.78 is 0. The molecule has 0 aliphatic rings. The van der Waals surface area contributed by atoms with Gasteiger partial charge in [0, 0.05) is 17.7 Å². The van der Waals surface area contributed by atoms with E-state index in [0.29, 0.717) is 11.6 Å². The fourth-order valence-corrected chi connectivity index (χ4v) is 1.91. The van der Waals surface area contributed by atoms with Gasteiger partial charge in [-0.1, -0.05) is 20.3 Å². The van der Waals surface area contributed by atoms with Crippen LogP contribution in [-0.4, -0.2) is 10.8 Å². The summed E-state index contributed by atoms with van der Waals surface area (Å²) in [7, 11) is 0. The van der Waals surface area contributed by atoms with E-state index in [1.807, 2.05) is 12.3 Å². The highest BCUT2D eigenvalue weighted by atomic mass is 32.1. The molecule has 0 saturated heterocycles. The van der Waals surface area contributed by atoms with Gasteiger partial charge in [0.05, 0.1) is 5.69 Å². The van der Waals surface area contributed by atoms with Gasteiger partial charge in [-0.2, -0.15) is 0 Å². The van der Waals surface area contributed by atoms with Crippen molar-refractivity contribution in [2.75, 3.05) is 5.73 Å². The average Bonchev–Trinajstić information content (AvgIpc) is 2.51. The van der Waals surface area contributed by atoms with Crippen LogP contribution in [-0.2, 0) is 11.2 Å². The molecule has 1 unspecified atom stereocenters. The zero-order chi connectivity index (χ0) is 10.6. The SMILES string of the molecule is CCCC(C)C(=O)Cc1csc(N)n1. The Balaban J connectivity index is 2.48. The summed E-state index contributed by atoms with van der Waals surface area (Å²) in [5.41, 5.74) is 6.29. The largest absolute Gasteiger partial charge is 0.375 e. The highest BCUT2D eigenvalue weighted by molar-refractivity contribution is 7.13. The van der Waals surface area contributed by atoms with E-state index in [-0.39, 0.29) is 11.7 Å². The number of hydrogen-bond acceptors (Lipinski definition) is 4. The molecule has 0 aromatic carbocycles. The van der Waals surface area contributed by atoms with Crippen LogP contribution in [0, 0.1) is 5.92 Å². The Labute approximate surface area is 88.3 Å². The highest BCUT2D eigenvalue weighted by Gasteiger charge is 2.13. The van der Waals surface area contributed by atoms with E-state index in [2.05, 4.69) is 11.9 Å². The first-order valence-corrected chi connectivity index (χ1v) is 5.74. The second-order valence-electron chi connectivity index (χ2n) is 3.51. The summed E-state index contributed by atoms with van der Waals surface area (Å²) in [4.78, 5) is 15.7. The summed E-state index contributed by atoms with van der Waals surface area (Å²) >= 11 is 1.39. The summed E-state index contributed by atoms with van der Waals surface area (Å²) in [6.45, 7) is 4.06. The topological polar surface area (TPSA) is 56.0 Å². The number of nitrogens with two attached hydrogens (primary N) is 1. The van der Waals surface area contributed by atoms with Crippen molar-refractivity contribution in [1.82, 2.24) is 4.98 Å². The lowest BCUT2D eigenvalue weighted by molar-refractivity contribution is -0.121. The Bertz CT molecular complexity index is 309. The second kappa shape index (κ2) is 5.10. The van der Waals surface area contributed by atoms with Crippen LogP contribution >= 0.6 is 11.3 Å². The van der Waals surface area contributed by atoms with E-state index in [0.717, 1.165) is 18.5 Å². The Morgan fingerprint density at radius 2 is 2.43 bits per heavy atom. The van der Waals surface area contributed by atoms with Crippen molar-refractivity contribution >= 4 is 22.3 Å². The molecule has 0 aliphatic heterocycles. The van der Waals surface area contributed by atoms with E-state index in [9.17, 15) is 4.79 Å². The monoisotopic (exact) mass is 212 g/mol. The quantitative estimate of drug-likeness (QED) is 0.814. The molecule has 14 heavy (non-hydrogen) atoms. The predicted molar refractivity (Wildman–Crippen MR) is 59.3 cm³/mol. The van der Waals surface area contributed by atoms with Gasteiger partial charge in [0.15, 0.2) is 5.13 Å². The summed E-state index contributed by atoms with van der Waals surface area (Å²) in [5.74, 6) is 0.403. The second-order valence-corrected chi connectivity index (χ2v) is 4.40. The lowest BCUT2D eigenvalue weighted by atomic mass is 9.98. The molecule has 1 heterocycles. The first kappa shape index (κ1) is 11.2. The van der Waals surface area contributed by atoms with Crippen LogP contribution in [0.5, 0.6) is 0 Å². The molecule has 0 amide bonds. The molecule has 1 atom stereocenters. The molecule has 0 saturated carbocycles. The van der Waals surface area contributed by atoms with Gasteiger partial charge >= 0.3 is 0 Å². The number of nitrogens with zero attached hydrogens (tertiary/aromatic N) is 1. The third kappa shape index (κ3) is 3.10. The molecule has 1 aromatic rings. The number of hydrogen-bond donors (Lipinski definition) is 1. The normalized spacial score (nSPS) is 12.7. The van der Waals surface area contributed by atoms with E-state index >= 15 is 0 Å². The number of rotatable bonds is 5. The minimum absolute atomic E-state index is 0.142. The fraction of sp³-hybridized carbons (Fsp3) is 0.600. The van der Waals surface area contributed by atoms with E-state index in [1.165, 1.54) is 11.3 Å². The smallest absolute Gasteiger partial charge is 0.180 e. The van der Waals surface area contributed by atoms with Crippen LogP contribution in [0.1, 0.15) is 32.4 Å². The van der Waals surface area contributed by atoms with Gasteiger partial charge in [0.1, 0.15) is 5.78 Å². The minimum atomic E-state index is 0.142. The molecule has 0 aliphatic carbocycles. The summed E-state index contributed by atoms with van der Waals surface area (Å²) in [6.07, 6.45) is 2.43. The third-order valence-corrected chi connectivity index (χ3v) is 2.92. The molecule has 0 bridgehead atoms. The molecule has 1 aromatic heterocycles. The molecular formula is C10H16N2OS. The van der Waals surface area contributed by atoms with Crippen molar-refractivity contribution in [2.24, 2.45) is 5.92 Å². The van der Waals surface area contributed by atoms with Gasteiger partial charge in [-0.05, 0) is 6.42 Å². The van der Waals surface area contributed by atoms with Crippen molar-refractivity contribution in [2.45, 2.75) is 33.1 Å². The number of aromatic nitrogens is 1. The van der Waals surface area contributed by atoms with Gasteiger partial charge in [-0.15, -0.1) is 11.3 Å². The molecule has 0 spiro atoms. The minimum Gasteiger partial charge on any atom is -0.375 e. The van der Waals surface area contributed by atoms with Crippen LogP contribution in [0.2, 0.25) is 0 Å². The third-order valence-electron chi connectivity index (χ3n) is 2.20. The van der Waals surface area contributed by atoms with E-state index in [1.54, 1.807) is 0 Å². The molecule has 78 valence electrons. The summed E-state index contributed by atoms with van der Waals surface area (Å²) in [6, 6.07) is 0. The van der Waals surface area contributed by atoms with Crippen molar-refractivity contribution in [1.29, 1.82) is 0 Å². The highest BCUT2D eigenvalue weighted by Crippen LogP contribution is 2.15. The molecular weight excluding hydrogens is 196 g/mol. The lowest BCUT2D eigenvalue weighted by Gasteiger charge is -2.06. The van der Waals surface area contributed by atoms with Crippen LogP contribution in [0.25, 0.3) is 0 Å². The summed E-state index contributed by atoms with van der Waals surface area (Å²) in [5, 5.41) is 2.39. The number of thiazole rings is 1. The van der Waals surface area contributed by atoms with E-state index < -0.39 is 0 Å². The Morgan fingerprint density at radius 1 is 1.71 bits per heavy atom.